The molecule has 0 bridgehead atoms. The maximum atomic E-state index is 13.1. The summed E-state index contributed by atoms with van der Waals surface area (Å²) in [6.45, 7) is 2.39. The smallest absolute Gasteiger partial charge is 0.262 e. The van der Waals surface area contributed by atoms with Crippen molar-refractivity contribution >= 4 is 40.0 Å². The molecule has 0 aliphatic carbocycles. The summed E-state index contributed by atoms with van der Waals surface area (Å²) in [6, 6.07) is 23.0. The van der Waals surface area contributed by atoms with Crippen LogP contribution in [0, 0.1) is 0 Å². The second-order valence-corrected chi connectivity index (χ2v) is 9.16. The first-order valence-corrected chi connectivity index (χ1v) is 12.0. The van der Waals surface area contributed by atoms with E-state index in [0.29, 0.717) is 46.0 Å². The molecule has 1 atom stereocenters. The summed E-state index contributed by atoms with van der Waals surface area (Å²) >= 11 is 1.19. The van der Waals surface area contributed by atoms with Gasteiger partial charge in [0.15, 0.2) is 10.9 Å². The van der Waals surface area contributed by atoms with E-state index < -0.39 is 5.25 Å². The van der Waals surface area contributed by atoms with Crippen molar-refractivity contribution in [3.05, 3.63) is 100 Å². The summed E-state index contributed by atoms with van der Waals surface area (Å²) in [7, 11) is 1.57. The summed E-state index contributed by atoms with van der Waals surface area (Å²) < 4.78 is 6.70. The number of ether oxygens (including phenoxy) is 1. The van der Waals surface area contributed by atoms with Gasteiger partial charge in [0.2, 0.25) is 5.91 Å². The van der Waals surface area contributed by atoms with E-state index in [0.717, 1.165) is 0 Å². The van der Waals surface area contributed by atoms with Gasteiger partial charge in [-0.15, -0.1) is 0 Å². The van der Waals surface area contributed by atoms with Crippen LogP contribution < -0.4 is 10.9 Å². The lowest BCUT2D eigenvalue weighted by molar-refractivity contribution is -0.115. The number of anilines is 1. The number of aromatic nitrogens is 2. The van der Waals surface area contributed by atoms with Gasteiger partial charge in [-0.05, 0) is 31.2 Å². The predicted molar refractivity (Wildman–Crippen MR) is 138 cm³/mol. The van der Waals surface area contributed by atoms with Crippen LogP contribution in [0.4, 0.5) is 5.69 Å². The highest BCUT2D eigenvalue weighted by Gasteiger charge is 2.21. The number of benzene rings is 3. The molecule has 0 saturated heterocycles. The zero-order chi connectivity index (χ0) is 24.8. The second-order valence-electron chi connectivity index (χ2n) is 7.85. The van der Waals surface area contributed by atoms with Crippen LogP contribution in [0.5, 0.6) is 0 Å². The van der Waals surface area contributed by atoms with Gasteiger partial charge in [0, 0.05) is 18.2 Å². The minimum atomic E-state index is -0.586. The Hall–Kier alpha value is -3.75. The zero-order valence-corrected chi connectivity index (χ0v) is 20.2. The zero-order valence-electron chi connectivity index (χ0n) is 19.4. The first-order chi connectivity index (χ1) is 17.0. The highest BCUT2D eigenvalue weighted by Crippen LogP contribution is 2.25. The van der Waals surface area contributed by atoms with Gasteiger partial charge in [-0.2, -0.15) is 0 Å². The van der Waals surface area contributed by atoms with E-state index in [2.05, 4.69) is 10.3 Å². The fraction of sp³-hybridized carbons (Fsp3) is 0.185. The summed E-state index contributed by atoms with van der Waals surface area (Å²) in [4.78, 5) is 43.8. The lowest BCUT2D eigenvalue weighted by Crippen LogP contribution is -2.28. The summed E-state index contributed by atoms with van der Waals surface area (Å²) in [6.07, 6.45) is 0. The van der Waals surface area contributed by atoms with Gasteiger partial charge in [0.05, 0.1) is 35.0 Å². The van der Waals surface area contributed by atoms with E-state index in [9.17, 15) is 14.4 Å². The number of para-hydroxylation sites is 2. The number of nitrogens with one attached hydrogen (secondary N) is 1. The van der Waals surface area contributed by atoms with Gasteiger partial charge in [0.25, 0.3) is 5.56 Å². The monoisotopic (exact) mass is 487 g/mol. The first kappa shape index (κ1) is 24.4. The summed E-state index contributed by atoms with van der Waals surface area (Å²) in [5.74, 6) is -0.476. The molecular formula is C27H25N3O4S. The molecule has 1 heterocycles. The van der Waals surface area contributed by atoms with Gasteiger partial charge in [-0.3, -0.25) is 19.0 Å². The number of nitrogens with zero attached hydrogens (tertiary/aromatic N) is 2. The normalized spacial score (nSPS) is 11.8. The van der Waals surface area contributed by atoms with Crippen molar-refractivity contribution in [2.45, 2.75) is 23.9 Å². The van der Waals surface area contributed by atoms with Crippen LogP contribution >= 0.6 is 11.8 Å². The highest BCUT2D eigenvalue weighted by molar-refractivity contribution is 8.00. The number of hydrogen-bond acceptors (Lipinski definition) is 6. The minimum Gasteiger partial charge on any atom is -0.383 e. The Morgan fingerprint density at radius 1 is 1.00 bits per heavy atom. The van der Waals surface area contributed by atoms with Crippen molar-refractivity contribution in [3.63, 3.8) is 0 Å². The van der Waals surface area contributed by atoms with E-state index in [-0.39, 0.29) is 17.2 Å². The number of hydrogen-bond donors (Lipinski definition) is 1. The van der Waals surface area contributed by atoms with Gasteiger partial charge in [-0.1, -0.05) is 66.4 Å². The average molecular weight is 488 g/mol. The average Bonchev–Trinajstić information content (AvgIpc) is 2.89. The highest BCUT2D eigenvalue weighted by atomic mass is 32.2. The Bertz CT molecular complexity index is 1420. The fourth-order valence-electron chi connectivity index (χ4n) is 3.60. The molecule has 3 aromatic carbocycles. The maximum Gasteiger partial charge on any atom is 0.262 e. The number of amides is 1. The van der Waals surface area contributed by atoms with Crippen LogP contribution in [0.25, 0.3) is 10.9 Å². The number of thioether (sulfide) groups is 1. The van der Waals surface area contributed by atoms with E-state index in [4.69, 9.17) is 4.74 Å². The standard InChI is InChI=1S/C27H25N3O4S/c1-18(35-27-29-23-15-9-7-13-21(23)26(33)30(27)16-17-34-2)25(32)28-22-14-8-6-12-20(22)24(31)19-10-4-3-5-11-19/h3-15,18H,16-17H2,1-2H3,(H,28,32)/t18-/m0/s1. The molecule has 4 rings (SSSR count). The Balaban J connectivity index is 1.58. The molecule has 0 aliphatic heterocycles. The SMILES string of the molecule is COCCn1c(S[C@@H](C)C(=O)Nc2ccccc2C(=O)c2ccccc2)nc2ccccc2c1=O. The Labute approximate surface area is 207 Å². The third-order valence-electron chi connectivity index (χ3n) is 5.46. The van der Waals surface area contributed by atoms with E-state index in [1.54, 1.807) is 80.8 Å². The first-order valence-electron chi connectivity index (χ1n) is 11.1. The van der Waals surface area contributed by atoms with Crippen molar-refractivity contribution in [2.24, 2.45) is 0 Å². The van der Waals surface area contributed by atoms with Gasteiger partial charge >= 0.3 is 0 Å². The third kappa shape index (κ3) is 5.50. The number of ketones is 1. The van der Waals surface area contributed by atoms with E-state index >= 15 is 0 Å². The third-order valence-corrected chi connectivity index (χ3v) is 6.55. The van der Waals surface area contributed by atoms with Crippen molar-refractivity contribution in [3.8, 4) is 0 Å². The molecule has 0 unspecified atom stereocenters. The largest absolute Gasteiger partial charge is 0.383 e. The molecule has 7 nitrogen and oxygen atoms in total. The molecule has 4 aromatic rings. The quantitative estimate of drug-likeness (QED) is 0.214. The maximum absolute atomic E-state index is 13.1. The fourth-order valence-corrected chi connectivity index (χ4v) is 4.53. The molecular weight excluding hydrogens is 462 g/mol. The van der Waals surface area contributed by atoms with Crippen molar-refractivity contribution in [1.82, 2.24) is 9.55 Å². The number of carbonyl (C=O) groups excluding carboxylic acids is 2. The van der Waals surface area contributed by atoms with Crippen LogP contribution in [-0.2, 0) is 16.1 Å². The predicted octanol–water partition coefficient (Wildman–Crippen LogP) is 4.39. The molecule has 0 saturated carbocycles. The topological polar surface area (TPSA) is 90.3 Å². The van der Waals surface area contributed by atoms with E-state index in [1.807, 2.05) is 12.1 Å². The van der Waals surface area contributed by atoms with Gasteiger partial charge < -0.3 is 10.1 Å². The van der Waals surface area contributed by atoms with Gasteiger partial charge in [-0.25, -0.2) is 4.98 Å². The van der Waals surface area contributed by atoms with Crippen molar-refractivity contribution in [1.29, 1.82) is 0 Å². The number of methoxy groups -OCH3 is 1. The van der Waals surface area contributed by atoms with Crippen LogP contribution in [0.1, 0.15) is 22.8 Å². The Morgan fingerprint density at radius 3 is 2.46 bits per heavy atom. The van der Waals surface area contributed by atoms with Crippen LogP contribution in [0.2, 0.25) is 0 Å². The van der Waals surface area contributed by atoms with Crippen LogP contribution in [0.15, 0.2) is 88.8 Å². The van der Waals surface area contributed by atoms with E-state index in [1.165, 1.54) is 16.3 Å². The molecule has 0 fully saturated rings. The molecule has 0 aliphatic rings. The summed E-state index contributed by atoms with van der Waals surface area (Å²) in [5.41, 5.74) is 1.77. The lowest BCUT2D eigenvalue weighted by Gasteiger charge is -2.17. The Kier molecular flexibility index (Phi) is 7.74. The minimum absolute atomic E-state index is 0.175. The molecule has 1 N–H and O–H groups in total. The van der Waals surface area contributed by atoms with Gasteiger partial charge in [0.1, 0.15) is 0 Å². The second kappa shape index (κ2) is 11.1. The molecule has 0 spiro atoms. The number of carbonyl (C=O) groups is 2. The van der Waals surface area contributed by atoms with Crippen molar-refractivity contribution < 1.29 is 14.3 Å². The molecule has 1 amide bonds. The number of rotatable bonds is 9. The molecule has 35 heavy (non-hydrogen) atoms. The van der Waals surface area contributed by atoms with Crippen LogP contribution in [-0.4, -0.2) is 40.2 Å². The number of fused-ring (bicyclic) bond motifs is 1. The van der Waals surface area contributed by atoms with Crippen LogP contribution in [0.3, 0.4) is 0 Å². The molecule has 1 aromatic heterocycles. The molecule has 178 valence electrons. The van der Waals surface area contributed by atoms with Crippen molar-refractivity contribution in [2.75, 3.05) is 19.0 Å². The molecule has 0 radical (unpaired) electrons. The lowest BCUT2D eigenvalue weighted by atomic mass is 10.0. The Morgan fingerprint density at radius 2 is 1.69 bits per heavy atom. The molecule has 8 heteroatoms. The summed E-state index contributed by atoms with van der Waals surface area (Å²) in [5, 5.41) is 3.23.